The molecule has 0 aliphatic carbocycles. The number of nitrogens with zero attached hydrogens (tertiary/aromatic N) is 1. The van der Waals surface area contributed by atoms with Crippen molar-refractivity contribution < 1.29 is 29.0 Å². The Hall–Kier alpha value is -2.77. The maximum absolute atomic E-state index is 12.8. The molecule has 0 saturated carbocycles. The quantitative estimate of drug-likeness (QED) is 0.713. The van der Waals surface area contributed by atoms with Crippen LogP contribution in [-0.2, 0) is 9.59 Å². The van der Waals surface area contributed by atoms with E-state index in [1.807, 2.05) is 13.8 Å². The molecule has 8 heteroatoms. The molecule has 1 fully saturated rings. The van der Waals surface area contributed by atoms with E-state index >= 15 is 0 Å². The molecule has 0 radical (unpaired) electrons. The minimum atomic E-state index is -0.916. The molecule has 1 unspecified atom stereocenters. The average molecular weight is 378 g/mol. The Balaban J connectivity index is 2.09. The number of amides is 2. The van der Waals surface area contributed by atoms with Crippen molar-refractivity contribution in [3.05, 3.63) is 23.8 Å². The van der Waals surface area contributed by atoms with E-state index in [2.05, 4.69) is 5.32 Å². The first-order valence-corrected chi connectivity index (χ1v) is 8.94. The largest absolute Gasteiger partial charge is 0.493 e. The number of nitrogens with one attached hydrogen (secondary N) is 1. The third kappa shape index (κ3) is 5.60. The zero-order valence-corrected chi connectivity index (χ0v) is 15.9. The Bertz CT molecular complexity index is 703. The zero-order chi connectivity index (χ0) is 20.0. The topological polar surface area (TPSA) is 105 Å². The van der Waals surface area contributed by atoms with E-state index in [9.17, 15) is 14.4 Å². The Morgan fingerprint density at radius 1 is 1.30 bits per heavy atom. The minimum Gasteiger partial charge on any atom is -0.493 e. The standard InChI is InChI=1S/C19H26N2O6/c1-12(2)20-17(22)11-27-15-7-6-13(9-16(15)26-3)19(25)21-8-4-5-14(21)10-18(23)24/h6-7,9,12,14H,4-5,8,10-11H2,1-3H3,(H,20,22)(H,23,24). The third-order valence-corrected chi connectivity index (χ3v) is 4.27. The van der Waals surface area contributed by atoms with E-state index in [4.69, 9.17) is 14.6 Å². The summed E-state index contributed by atoms with van der Waals surface area (Å²) in [5, 5.41) is 11.7. The van der Waals surface area contributed by atoms with Crippen LogP contribution in [0.2, 0.25) is 0 Å². The summed E-state index contributed by atoms with van der Waals surface area (Å²) in [5.74, 6) is -0.703. The monoisotopic (exact) mass is 378 g/mol. The fourth-order valence-corrected chi connectivity index (χ4v) is 3.11. The molecule has 8 nitrogen and oxygen atoms in total. The molecule has 2 N–H and O–H groups in total. The summed E-state index contributed by atoms with van der Waals surface area (Å²) in [5.41, 5.74) is 0.392. The Morgan fingerprint density at radius 3 is 2.67 bits per heavy atom. The summed E-state index contributed by atoms with van der Waals surface area (Å²) in [6, 6.07) is 4.45. The first-order chi connectivity index (χ1) is 12.8. The molecule has 1 aliphatic rings. The molecular formula is C19H26N2O6. The zero-order valence-electron chi connectivity index (χ0n) is 15.9. The number of ether oxygens (including phenoxy) is 2. The van der Waals surface area contributed by atoms with Gasteiger partial charge in [0.25, 0.3) is 11.8 Å². The van der Waals surface area contributed by atoms with Crippen molar-refractivity contribution in [1.82, 2.24) is 10.2 Å². The van der Waals surface area contributed by atoms with Crippen molar-refractivity contribution in [3.63, 3.8) is 0 Å². The van der Waals surface area contributed by atoms with Crippen LogP contribution in [0.3, 0.4) is 0 Å². The van der Waals surface area contributed by atoms with Crippen molar-refractivity contribution in [2.24, 2.45) is 0 Å². The molecule has 0 bridgehead atoms. The first-order valence-electron chi connectivity index (χ1n) is 8.94. The van der Waals surface area contributed by atoms with Gasteiger partial charge in [-0.15, -0.1) is 0 Å². The van der Waals surface area contributed by atoms with Crippen molar-refractivity contribution in [3.8, 4) is 11.5 Å². The summed E-state index contributed by atoms with van der Waals surface area (Å²) in [6.07, 6.45) is 1.41. The maximum Gasteiger partial charge on any atom is 0.305 e. The number of aliphatic carboxylic acids is 1. The van der Waals surface area contributed by atoms with Gasteiger partial charge in [-0.1, -0.05) is 0 Å². The molecular weight excluding hydrogens is 352 g/mol. The Morgan fingerprint density at radius 2 is 2.04 bits per heavy atom. The summed E-state index contributed by atoms with van der Waals surface area (Å²) in [7, 11) is 1.45. The van der Waals surface area contributed by atoms with Gasteiger partial charge in [-0.25, -0.2) is 0 Å². The molecule has 1 aromatic carbocycles. The number of rotatable bonds is 8. The molecule has 0 spiro atoms. The SMILES string of the molecule is COc1cc(C(=O)N2CCCC2CC(=O)O)ccc1OCC(=O)NC(C)C. The highest BCUT2D eigenvalue weighted by atomic mass is 16.5. The summed E-state index contributed by atoms with van der Waals surface area (Å²) in [4.78, 5) is 37.1. The molecule has 2 amide bonds. The van der Waals surface area contributed by atoms with Crippen LogP contribution in [0.4, 0.5) is 0 Å². The third-order valence-electron chi connectivity index (χ3n) is 4.27. The van der Waals surface area contributed by atoms with Gasteiger partial charge in [0.05, 0.1) is 13.5 Å². The fraction of sp³-hybridized carbons (Fsp3) is 0.526. The molecule has 27 heavy (non-hydrogen) atoms. The number of hydrogen-bond donors (Lipinski definition) is 2. The summed E-state index contributed by atoms with van der Waals surface area (Å²) < 4.78 is 10.8. The Kier molecular flexibility index (Phi) is 7.04. The number of likely N-dealkylation sites (tertiary alicyclic amines) is 1. The van der Waals surface area contributed by atoms with Gasteiger partial charge >= 0.3 is 5.97 Å². The molecule has 1 saturated heterocycles. The van der Waals surface area contributed by atoms with Gasteiger partial charge in [-0.2, -0.15) is 0 Å². The number of carbonyl (C=O) groups excluding carboxylic acids is 2. The number of benzene rings is 1. The van der Waals surface area contributed by atoms with E-state index in [-0.39, 0.29) is 36.9 Å². The first kappa shape index (κ1) is 20.5. The molecule has 0 aromatic heterocycles. The molecule has 1 aliphatic heterocycles. The van der Waals surface area contributed by atoms with Crippen molar-refractivity contribution in [2.45, 2.75) is 45.2 Å². The highest BCUT2D eigenvalue weighted by Gasteiger charge is 2.31. The van der Waals surface area contributed by atoms with Gasteiger partial charge in [0.1, 0.15) is 0 Å². The lowest BCUT2D eigenvalue weighted by molar-refractivity contribution is -0.138. The summed E-state index contributed by atoms with van der Waals surface area (Å²) in [6.45, 7) is 4.09. The van der Waals surface area contributed by atoms with Crippen LogP contribution in [0.15, 0.2) is 18.2 Å². The lowest BCUT2D eigenvalue weighted by atomic mass is 10.1. The van der Waals surface area contributed by atoms with E-state index in [0.29, 0.717) is 30.0 Å². The lowest BCUT2D eigenvalue weighted by Crippen LogP contribution is -2.36. The van der Waals surface area contributed by atoms with Crippen molar-refractivity contribution in [1.29, 1.82) is 0 Å². The van der Waals surface area contributed by atoms with Gasteiger partial charge in [-0.05, 0) is 44.9 Å². The minimum absolute atomic E-state index is 0.0159. The predicted molar refractivity (Wildman–Crippen MR) is 98.1 cm³/mol. The summed E-state index contributed by atoms with van der Waals surface area (Å²) >= 11 is 0. The average Bonchev–Trinajstić information content (AvgIpc) is 3.05. The van der Waals surface area contributed by atoms with Gasteiger partial charge in [0.2, 0.25) is 0 Å². The number of carbonyl (C=O) groups is 3. The molecule has 1 aromatic rings. The van der Waals surface area contributed by atoms with Crippen LogP contribution in [0, 0.1) is 0 Å². The second-order valence-electron chi connectivity index (χ2n) is 6.77. The highest BCUT2D eigenvalue weighted by molar-refractivity contribution is 5.95. The van der Waals surface area contributed by atoms with Gasteiger partial charge < -0.3 is 24.8 Å². The van der Waals surface area contributed by atoms with Gasteiger partial charge in [0, 0.05) is 24.2 Å². The van der Waals surface area contributed by atoms with Crippen LogP contribution in [-0.4, -0.2) is 60.1 Å². The Labute approximate surface area is 158 Å². The van der Waals surface area contributed by atoms with Crippen LogP contribution >= 0.6 is 0 Å². The van der Waals surface area contributed by atoms with E-state index in [0.717, 1.165) is 6.42 Å². The maximum atomic E-state index is 12.8. The smallest absolute Gasteiger partial charge is 0.305 e. The number of carboxylic acid groups (broad SMARTS) is 1. The van der Waals surface area contributed by atoms with Crippen LogP contribution in [0.25, 0.3) is 0 Å². The van der Waals surface area contributed by atoms with Gasteiger partial charge in [-0.3, -0.25) is 14.4 Å². The number of methoxy groups -OCH3 is 1. The lowest BCUT2D eigenvalue weighted by Gasteiger charge is -2.24. The van der Waals surface area contributed by atoms with Crippen molar-refractivity contribution >= 4 is 17.8 Å². The van der Waals surface area contributed by atoms with E-state index in [1.54, 1.807) is 23.1 Å². The normalized spacial score (nSPS) is 16.3. The van der Waals surface area contributed by atoms with Crippen molar-refractivity contribution in [2.75, 3.05) is 20.3 Å². The molecule has 1 atom stereocenters. The second kappa shape index (κ2) is 9.25. The fourth-order valence-electron chi connectivity index (χ4n) is 3.11. The van der Waals surface area contributed by atoms with Crippen LogP contribution in [0.1, 0.15) is 43.5 Å². The van der Waals surface area contributed by atoms with E-state index in [1.165, 1.54) is 7.11 Å². The van der Waals surface area contributed by atoms with Crippen LogP contribution < -0.4 is 14.8 Å². The van der Waals surface area contributed by atoms with E-state index < -0.39 is 5.97 Å². The number of carboxylic acids is 1. The van der Waals surface area contributed by atoms with Crippen LogP contribution in [0.5, 0.6) is 11.5 Å². The molecule has 1 heterocycles. The highest BCUT2D eigenvalue weighted by Crippen LogP contribution is 2.30. The second-order valence-corrected chi connectivity index (χ2v) is 6.77. The predicted octanol–water partition coefficient (Wildman–Crippen LogP) is 1.68. The molecule has 148 valence electrons. The number of hydrogen-bond acceptors (Lipinski definition) is 5. The molecule has 2 rings (SSSR count). The van der Waals surface area contributed by atoms with Gasteiger partial charge in [0.15, 0.2) is 18.1 Å².